The number of halogens is 1. The van der Waals surface area contributed by atoms with Crippen LogP contribution in [0.4, 0.5) is 4.39 Å². The lowest BCUT2D eigenvalue weighted by Gasteiger charge is -2.41. The maximum absolute atomic E-state index is 14.4. The van der Waals surface area contributed by atoms with E-state index < -0.39 is 5.54 Å². The van der Waals surface area contributed by atoms with Gasteiger partial charge in [0.1, 0.15) is 17.6 Å². The molecule has 8 heteroatoms. The third kappa shape index (κ3) is 5.38. The lowest BCUT2D eigenvalue weighted by Crippen LogP contribution is -2.56. The van der Waals surface area contributed by atoms with Crippen LogP contribution in [0.5, 0.6) is 5.75 Å². The maximum atomic E-state index is 14.4. The summed E-state index contributed by atoms with van der Waals surface area (Å²) in [5.74, 6) is 0.284. The summed E-state index contributed by atoms with van der Waals surface area (Å²) in [5, 5.41) is 3.28. The van der Waals surface area contributed by atoms with Crippen molar-refractivity contribution in [2.24, 2.45) is 5.41 Å². The van der Waals surface area contributed by atoms with Gasteiger partial charge in [0.05, 0.1) is 19.1 Å². The Kier molecular flexibility index (Phi) is 6.93. The molecule has 3 fully saturated rings. The Morgan fingerprint density at radius 1 is 1.24 bits per heavy atom. The van der Waals surface area contributed by atoms with Gasteiger partial charge in [0.2, 0.25) is 11.8 Å². The summed E-state index contributed by atoms with van der Waals surface area (Å²) in [5.41, 5.74) is 0.289. The molecule has 0 aliphatic carbocycles. The molecule has 1 spiro atoms. The van der Waals surface area contributed by atoms with Gasteiger partial charge in [-0.15, -0.1) is 0 Å². The zero-order chi connectivity index (χ0) is 24.7. The number of likely N-dealkylation sites (tertiary alicyclic amines) is 1. The predicted molar refractivity (Wildman–Crippen MR) is 129 cm³/mol. The number of piperidine rings is 1. The minimum absolute atomic E-state index is 0.0212. The number of hydrogen-bond acceptors (Lipinski definition) is 5. The molecule has 0 unspecified atom stereocenters. The maximum Gasteiger partial charge on any atom is 0.243 e. The first kappa shape index (κ1) is 24.9. The Labute approximate surface area is 202 Å². The van der Waals surface area contributed by atoms with Gasteiger partial charge in [-0.3, -0.25) is 14.5 Å². The molecule has 0 saturated carbocycles. The van der Waals surface area contributed by atoms with Crippen LogP contribution in [0.25, 0.3) is 0 Å². The summed E-state index contributed by atoms with van der Waals surface area (Å²) < 4.78 is 19.5. The lowest BCUT2D eigenvalue weighted by molar-refractivity contribution is -0.135. The molecule has 1 aromatic carbocycles. The molecule has 2 atom stereocenters. The standard InChI is InChI=1S/C26H39FN4O3/c1-25(2,3)17-29(4)19-12-22-24(33)28-26(14-23(32)31(22)16-19)8-10-30(11-9-26)15-18-6-7-20(34-5)13-21(18)27/h6-7,13,19,22H,8-12,14-17H2,1-5H3,(H,28,33)/t19-,22-/m0/s1. The van der Waals surface area contributed by atoms with E-state index in [9.17, 15) is 14.0 Å². The molecule has 1 N–H and O–H groups in total. The number of carbonyl (C=O) groups is 2. The summed E-state index contributed by atoms with van der Waals surface area (Å²) in [6.45, 7) is 10.1. The van der Waals surface area contributed by atoms with E-state index in [0.717, 1.165) is 6.54 Å². The van der Waals surface area contributed by atoms with Gasteiger partial charge >= 0.3 is 0 Å². The zero-order valence-corrected chi connectivity index (χ0v) is 21.2. The quantitative estimate of drug-likeness (QED) is 0.711. The zero-order valence-electron chi connectivity index (χ0n) is 21.2. The SMILES string of the molecule is COc1ccc(CN2CCC3(CC2)CC(=O)N2C[C@@H](N(C)CC(C)(C)C)C[C@H]2C(=O)N3)c(F)c1. The van der Waals surface area contributed by atoms with Crippen molar-refractivity contribution < 1.29 is 18.7 Å². The van der Waals surface area contributed by atoms with Crippen LogP contribution in [0.3, 0.4) is 0 Å². The molecule has 4 rings (SSSR count). The molecule has 34 heavy (non-hydrogen) atoms. The first-order chi connectivity index (χ1) is 16.0. The van der Waals surface area contributed by atoms with Crippen LogP contribution < -0.4 is 10.1 Å². The number of benzene rings is 1. The third-order valence-corrected chi connectivity index (χ3v) is 7.59. The fourth-order valence-corrected chi connectivity index (χ4v) is 5.78. The molecule has 1 aromatic rings. The van der Waals surface area contributed by atoms with Crippen molar-refractivity contribution >= 4 is 11.8 Å². The number of methoxy groups -OCH3 is 1. The van der Waals surface area contributed by atoms with Crippen molar-refractivity contribution in [2.75, 3.05) is 40.3 Å². The molecule has 3 aliphatic heterocycles. The highest BCUT2D eigenvalue weighted by Crippen LogP contribution is 2.34. The van der Waals surface area contributed by atoms with Crippen molar-refractivity contribution in [3.05, 3.63) is 29.6 Å². The number of ether oxygens (including phenoxy) is 1. The van der Waals surface area contributed by atoms with Crippen molar-refractivity contribution in [3.8, 4) is 5.75 Å². The summed E-state index contributed by atoms with van der Waals surface area (Å²) in [7, 11) is 3.61. The molecule has 7 nitrogen and oxygen atoms in total. The topological polar surface area (TPSA) is 65.1 Å². The molecule has 3 saturated heterocycles. The number of carbonyl (C=O) groups excluding carboxylic acids is 2. The Morgan fingerprint density at radius 3 is 2.56 bits per heavy atom. The summed E-state index contributed by atoms with van der Waals surface area (Å²) in [6.07, 6.45) is 2.41. The van der Waals surface area contributed by atoms with Crippen LogP contribution in [0, 0.1) is 11.2 Å². The largest absolute Gasteiger partial charge is 0.497 e. The Morgan fingerprint density at radius 2 is 1.94 bits per heavy atom. The van der Waals surface area contributed by atoms with Crippen LogP contribution in [-0.2, 0) is 16.1 Å². The summed E-state index contributed by atoms with van der Waals surface area (Å²) >= 11 is 0. The monoisotopic (exact) mass is 474 g/mol. The first-order valence-electron chi connectivity index (χ1n) is 12.4. The molecular weight excluding hydrogens is 435 g/mol. The van der Waals surface area contributed by atoms with Gasteiger partial charge in [0.25, 0.3) is 0 Å². The second-order valence-corrected chi connectivity index (χ2v) is 11.6. The van der Waals surface area contributed by atoms with E-state index in [2.05, 4.69) is 42.9 Å². The van der Waals surface area contributed by atoms with Crippen LogP contribution in [0.1, 0.15) is 52.0 Å². The van der Waals surface area contributed by atoms with Gasteiger partial charge in [0, 0.05) is 50.4 Å². The fourth-order valence-electron chi connectivity index (χ4n) is 5.78. The predicted octanol–water partition coefficient (Wildman–Crippen LogP) is 2.64. The molecular formula is C26H39FN4O3. The summed E-state index contributed by atoms with van der Waals surface area (Å²) in [4.78, 5) is 32.8. The van der Waals surface area contributed by atoms with E-state index in [0.29, 0.717) is 63.2 Å². The Bertz CT molecular complexity index is 895. The number of nitrogens with zero attached hydrogens (tertiary/aromatic N) is 3. The van der Waals surface area contributed by atoms with E-state index in [1.54, 1.807) is 12.1 Å². The number of rotatable bonds is 5. The number of hydrogen-bond donors (Lipinski definition) is 1. The smallest absolute Gasteiger partial charge is 0.243 e. The molecule has 188 valence electrons. The van der Waals surface area contributed by atoms with Gasteiger partial charge in [-0.2, -0.15) is 0 Å². The lowest BCUT2D eigenvalue weighted by atomic mass is 9.83. The van der Waals surface area contributed by atoms with E-state index in [-0.39, 0.29) is 35.1 Å². The van der Waals surface area contributed by atoms with E-state index in [1.807, 2.05) is 4.90 Å². The van der Waals surface area contributed by atoms with Gasteiger partial charge in [-0.1, -0.05) is 26.8 Å². The molecule has 0 bridgehead atoms. The molecule has 2 amide bonds. The van der Waals surface area contributed by atoms with Crippen LogP contribution in [-0.4, -0.2) is 84.5 Å². The number of nitrogens with one attached hydrogen (secondary N) is 1. The number of fused-ring (bicyclic) bond motifs is 1. The van der Waals surface area contributed by atoms with Crippen molar-refractivity contribution in [2.45, 2.75) is 70.6 Å². The van der Waals surface area contributed by atoms with Crippen molar-refractivity contribution in [1.29, 1.82) is 0 Å². The second kappa shape index (κ2) is 9.46. The normalized spacial score (nSPS) is 25.4. The average Bonchev–Trinajstić information content (AvgIpc) is 3.18. The average molecular weight is 475 g/mol. The molecule has 0 aromatic heterocycles. The molecule has 3 aliphatic rings. The number of likely N-dealkylation sites (N-methyl/N-ethyl adjacent to an activating group) is 1. The Balaban J connectivity index is 1.37. The fraction of sp³-hybridized carbons (Fsp3) is 0.692. The van der Waals surface area contributed by atoms with E-state index in [1.165, 1.54) is 13.2 Å². The van der Waals surface area contributed by atoms with Gasteiger partial charge in [-0.25, -0.2) is 4.39 Å². The van der Waals surface area contributed by atoms with Crippen LogP contribution in [0.2, 0.25) is 0 Å². The van der Waals surface area contributed by atoms with Crippen molar-refractivity contribution in [3.63, 3.8) is 0 Å². The highest BCUT2D eigenvalue weighted by Gasteiger charge is 2.49. The van der Waals surface area contributed by atoms with Gasteiger partial charge in [-0.05, 0) is 37.8 Å². The minimum Gasteiger partial charge on any atom is -0.497 e. The van der Waals surface area contributed by atoms with E-state index >= 15 is 0 Å². The number of amides is 2. The van der Waals surface area contributed by atoms with Gasteiger partial charge in [0.15, 0.2) is 0 Å². The van der Waals surface area contributed by atoms with Crippen molar-refractivity contribution in [1.82, 2.24) is 20.0 Å². The van der Waals surface area contributed by atoms with E-state index in [4.69, 9.17) is 4.74 Å². The van der Waals surface area contributed by atoms with Crippen LogP contribution >= 0.6 is 0 Å². The highest BCUT2D eigenvalue weighted by atomic mass is 19.1. The first-order valence-corrected chi connectivity index (χ1v) is 12.4. The second-order valence-electron chi connectivity index (χ2n) is 11.6. The summed E-state index contributed by atoms with van der Waals surface area (Å²) in [6, 6.07) is 4.76. The highest BCUT2D eigenvalue weighted by molar-refractivity contribution is 5.92. The Hall–Kier alpha value is -2.19. The molecule has 0 radical (unpaired) electrons. The third-order valence-electron chi connectivity index (χ3n) is 7.59. The molecule has 3 heterocycles. The minimum atomic E-state index is -0.500. The van der Waals surface area contributed by atoms with Crippen LogP contribution in [0.15, 0.2) is 18.2 Å². The van der Waals surface area contributed by atoms with Gasteiger partial charge < -0.3 is 19.9 Å².